The second-order valence-electron chi connectivity index (χ2n) is 8.35. The number of ether oxygens (including phenoxy) is 1. The van der Waals surface area contributed by atoms with Crippen LogP contribution in [0.3, 0.4) is 0 Å². The molecule has 5 rings (SSSR count). The third kappa shape index (κ3) is 4.26. The fourth-order valence-electron chi connectivity index (χ4n) is 4.21. The smallest absolute Gasteiger partial charge is 0.148 e. The van der Waals surface area contributed by atoms with Gasteiger partial charge in [-0.25, -0.2) is 4.98 Å². The van der Waals surface area contributed by atoms with Crippen LogP contribution >= 0.6 is 0 Å². The maximum Gasteiger partial charge on any atom is 0.148 e. The Kier molecular flexibility index (Phi) is 5.80. The molecule has 34 heavy (non-hydrogen) atoms. The molecule has 0 aliphatic heterocycles. The summed E-state index contributed by atoms with van der Waals surface area (Å²) in [6.45, 7) is 5.34. The summed E-state index contributed by atoms with van der Waals surface area (Å²) >= 11 is 0. The van der Waals surface area contributed by atoms with E-state index in [2.05, 4.69) is 65.9 Å². The Morgan fingerprint density at radius 1 is 0.882 bits per heavy atom. The predicted octanol–water partition coefficient (Wildman–Crippen LogP) is 6.21. The summed E-state index contributed by atoms with van der Waals surface area (Å²) in [5.74, 6) is 1.57. The Morgan fingerprint density at radius 2 is 1.62 bits per heavy atom. The Morgan fingerprint density at radius 3 is 2.32 bits per heavy atom. The first-order valence-corrected chi connectivity index (χ1v) is 11.2. The highest BCUT2D eigenvalue weighted by atomic mass is 16.5. The van der Waals surface area contributed by atoms with Gasteiger partial charge in [0.05, 0.1) is 22.7 Å². The number of nitrogens with zero attached hydrogens (tertiary/aromatic N) is 4. The van der Waals surface area contributed by atoms with E-state index in [0.717, 1.165) is 28.0 Å². The third-order valence-corrected chi connectivity index (χ3v) is 6.15. The topological polar surface area (TPSA) is 63.7 Å². The highest BCUT2D eigenvalue weighted by Crippen LogP contribution is 2.27. The molecule has 166 valence electrons. The van der Waals surface area contributed by atoms with Crippen molar-refractivity contribution in [3.8, 4) is 22.9 Å². The molecule has 0 spiro atoms. The monoisotopic (exact) mass is 444 g/mol. The summed E-state index contributed by atoms with van der Waals surface area (Å²) in [5, 5.41) is 9.04. The molecule has 0 radical (unpaired) electrons. The lowest BCUT2D eigenvalue weighted by Gasteiger charge is -2.15. The molecule has 3 aromatic carbocycles. The van der Waals surface area contributed by atoms with Crippen LogP contribution in [0.4, 0.5) is 0 Å². The highest BCUT2D eigenvalue weighted by molar-refractivity contribution is 5.82. The maximum absolute atomic E-state index is 9.04. The van der Waals surface area contributed by atoms with Crippen LogP contribution in [-0.2, 0) is 13.2 Å². The first-order valence-electron chi connectivity index (χ1n) is 11.2. The van der Waals surface area contributed by atoms with Crippen molar-refractivity contribution in [3.05, 3.63) is 113 Å². The van der Waals surface area contributed by atoms with Crippen molar-refractivity contribution < 1.29 is 4.74 Å². The number of hydrogen-bond acceptors (Lipinski definition) is 4. The number of aromatic nitrogens is 3. The minimum atomic E-state index is 0.329. The number of benzene rings is 3. The molecule has 0 aliphatic carbocycles. The van der Waals surface area contributed by atoms with Gasteiger partial charge in [0, 0.05) is 18.9 Å². The fraction of sp³-hybridized carbons (Fsp3) is 0.138. The minimum absolute atomic E-state index is 0.329. The van der Waals surface area contributed by atoms with Crippen molar-refractivity contribution in [2.45, 2.75) is 27.0 Å². The largest absolute Gasteiger partial charge is 0.486 e. The molecule has 5 aromatic rings. The molecule has 0 saturated heterocycles. The molecular formula is C29H24N4O. The van der Waals surface area contributed by atoms with Crippen molar-refractivity contribution in [2.75, 3.05) is 0 Å². The van der Waals surface area contributed by atoms with E-state index in [0.29, 0.717) is 24.5 Å². The van der Waals surface area contributed by atoms with Crippen LogP contribution in [0.1, 0.15) is 28.1 Å². The number of fused-ring (bicyclic) bond motifs is 1. The molecule has 0 atom stereocenters. The van der Waals surface area contributed by atoms with E-state index in [1.54, 1.807) is 12.1 Å². The Balaban J connectivity index is 1.57. The maximum atomic E-state index is 9.04. The fourth-order valence-corrected chi connectivity index (χ4v) is 4.21. The van der Waals surface area contributed by atoms with Crippen LogP contribution in [-0.4, -0.2) is 14.5 Å². The lowest BCUT2D eigenvalue weighted by atomic mass is 10.0. The van der Waals surface area contributed by atoms with Gasteiger partial charge in [-0.15, -0.1) is 0 Å². The van der Waals surface area contributed by atoms with Crippen molar-refractivity contribution in [1.29, 1.82) is 5.26 Å². The second kappa shape index (κ2) is 9.21. The van der Waals surface area contributed by atoms with Gasteiger partial charge in [-0.1, -0.05) is 24.3 Å². The molecule has 5 heteroatoms. The normalized spacial score (nSPS) is 10.9. The van der Waals surface area contributed by atoms with Crippen LogP contribution in [0, 0.1) is 25.2 Å². The van der Waals surface area contributed by atoms with Crippen molar-refractivity contribution in [3.63, 3.8) is 0 Å². The van der Waals surface area contributed by atoms with E-state index in [1.165, 1.54) is 16.7 Å². The zero-order valence-electron chi connectivity index (χ0n) is 19.2. The van der Waals surface area contributed by atoms with Gasteiger partial charge in [0.2, 0.25) is 0 Å². The minimum Gasteiger partial charge on any atom is -0.486 e. The summed E-state index contributed by atoms with van der Waals surface area (Å²) in [5.41, 5.74) is 8.65. The van der Waals surface area contributed by atoms with Crippen LogP contribution in [0.25, 0.3) is 22.2 Å². The molecule has 5 nitrogen and oxygen atoms in total. The third-order valence-electron chi connectivity index (χ3n) is 6.15. The van der Waals surface area contributed by atoms with E-state index >= 15 is 0 Å². The van der Waals surface area contributed by atoms with E-state index in [4.69, 9.17) is 15.0 Å². The van der Waals surface area contributed by atoms with Gasteiger partial charge in [-0.2, -0.15) is 5.26 Å². The quantitative estimate of drug-likeness (QED) is 0.312. The Bertz CT molecular complexity index is 1480. The number of pyridine rings is 1. The molecule has 0 N–H and O–H groups in total. The number of hydrogen-bond donors (Lipinski definition) is 0. The van der Waals surface area contributed by atoms with Crippen molar-refractivity contribution in [2.24, 2.45) is 0 Å². The van der Waals surface area contributed by atoms with Crippen molar-refractivity contribution >= 4 is 11.0 Å². The van der Waals surface area contributed by atoms with Gasteiger partial charge in [0.15, 0.2) is 0 Å². The lowest BCUT2D eigenvalue weighted by Crippen LogP contribution is -2.10. The Labute approximate surface area is 198 Å². The average molecular weight is 445 g/mol. The summed E-state index contributed by atoms with van der Waals surface area (Å²) in [7, 11) is 0. The van der Waals surface area contributed by atoms with Gasteiger partial charge in [-0.05, 0) is 90.2 Å². The first kappa shape index (κ1) is 21.4. The summed E-state index contributed by atoms with van der Waals surface area (Å²) in [4.78, 5) is 9.07. The van der Waals surface area contributed by atoms with Gasteiger partial charge in [-0.3, -0.25) is 4.98 Å². The number of nitriles is 1. The Hall–Kier alpha value is -4.43. The lowest BCUT2D eigenvalue weighted by molar-refractivity contribution is 0.291. The number of rotatable bonds is 6. The molecule has 0 fully saturated rings. The highest BCUT2D eigenvalue weighted by Gasteiger charge is 2.15. The predicted molar refractivity (Wildman–Crippen MR) is 133 cm³/mol. The molecule has 0 amide bonds. The zero-order valence-corrected chi connectivity index (χ0v) is 19.2. The van der Waals surface area contributed by atoms with E-state index in [9.17, 15) is 0 Å². The second-order valence-corrected chi connectivity index (χ2v) is 8.35. The van der Waals surface area contributed by atoms with Gasteiger partial charge >= 0.3 is 0 Å². The van der Waals surface area contributed by atoms with E-state index in [1.807, 2.05) is 36.7 Å². The average Bonchev–Trinajstić information content (AvgIpc) is 3.22. The van der Waals surface area contributed by atoms with E-state index in [-0.39, 0.29) is 0 Å². The standard InChI is InChI=1S/C29H24N4O/c1-20-4-3-5-21(2)26(20)18-33-28-16-24(23-12-14-31-15-13-23)8-11-27(28)32-29(33)19-34-25-9-6-22(17-30)7-10-25/h3-16H,18-19H2,1-2H3. The number of aryl methyl sites for hydroxylation is 2. The molecule has 0 aliphatic rings. The molecule has 2 heterocycles. The molecule has 0 saturated carbocycles. The van der Waals surface area contributed by atoms with Crippen LogP contribution in [0.2, 0.25) is 0 Å². The molecular weight excluding hydrogens is 420 g/mol. The molecule has 0 unspecified atom stereocenters. The summed E-state index contributed by atoms with van der Waals surface area (Å²) in [6, 6.07) is 26.1. The van der Waals surface area contributed by atoms with Crippen LogP contribution < -0.4 is 4.74 Å². The van der Waals surface area contributed by atoms with Crippen LogP contribution in [0.15, 0.2) is 85.2 Å². The molecule has 0 bridgehead atoms. The zero-order chi connectivity index (χ0) is 23.5. The number of imidazole rings is 1. The summed E-state index contributed by atoms with van der Waals surface area (Å²) < 4.78 is 8.32. The van der Waals surface area contributed by atoms with Crippen molar-refractivity contribution in [1.82, 2.24) is 14.5 Å². The van der Waals surface area contributed by atoms with Gasteiger partial charge < -0.3 is 9.30 Å². The first-order chi connectivity index (χ1) is 16.6. The molecule has 2 aromatic heterocycles. The summed E-state index contributed by atoms with van der Waals surface area (Å²) in [6.07, 6.45) is 3.62. The van der Waals surface area contributed by atoms with Gasteiger partial charge in [0.25, 0.3) is 0 Å². The van der Waals surface area contributed by atoms with E-state index < -0.39 is 0 Å². The SMILES string of the molecule is Cc1cccc(C)c1Cn1c(COc2ccc(C#N)cc2)nc2ccc(-c3ccncc3)cc21. The van der Waals surface area contributed by atoms with Crippen LogP contribution in [0.5, 0.6) is 5.75 Å². The van der Waals surface area contributed by atoms with Gasteiger partial charge in [0.1, 0.15) is 18.2 Å².